The molecule has 0 unspecified atom stereocenters. The molecule has 0 fully saturated rings. The fraction of sp³-hybridized carbons (Fsp3) is 0.167. The van der Waals surface area contributed by atoms with Crippen LogP contribution in [0, 0.1) is 11.3 Å². The van der Waals surface area contributed by atoms with Gasteiger partial charge < -0.3 is 5.32 Å². The van der Waals surface area contributed by atoms with Crippen molar-refractivity contribution in [1.29, 1.82) is 5.26 Å². The first-order valence-corrected chi connectivity index (χ1v) is 6.26. The molecule has 2 aromatic rings. The molecule has 1 aromatic carbocycles. The maximum atomic E-state index is 9.07. The fourth-order valence-corrected chi connectivity index (χ4v) is 2.59. The van der Waals surface area contributed by atoms with Crippen molar-refractivity contribution in [2.24, 2.45) is 0 Å². The lowest BCUT2D eigenvalue weighted by Crippen LogP contribution is -2.01. The molecule has 0 aliphatic heterocycles. The van der Waals surface area contributed by atoms with Crippen molar-refractivity contribution in [3.05, 3.63) is 33.4 Å². The Kier molecular flexibility index (Phi) is 3.51. The minimum Gasteiger partial charge on any atom is -0.384 e. The fourth-order valence-electron chi connectivity index (χ4n) is 1.68. The number of aromatic nitrogens is 1. The van der Waals surface area contributed by atoms with E-state index in [9.17, 15) is 0 Å². The van der Waals surface area contributed by atoms with Gasteiger partial charge in [0.2, 0.25) is 0 Å². The van der Waals surface area contributed by atoms with E-state index in [0.717, 1.165) is 27.6 Å². The number of halogens is 2. The lowest BCUT2D eigenvalue weighted by atomic mass is 10.1. The Hall–Kier alpha value is -1.31. The highest BCUT2D eigenvalue weighted by Gasteiger charge is 2.11. The molecule has 0 saturated heterocycles. The molecule has 0 saturated carbocycles. The molecule has 0 bridgehead atoms. The molecule has 86 valence electrons. The van der Waals surface area contributed by atoms with Gasteiger partial charge in [-0.05, 0) is 35.0 Å². The molecule has 17 heavy (non-hydrogen) atoms. The van der Waals surface area contributed by atoms with Gasteiger partial charge in [0.05, 0.1) is 16.8 Å². The number of rotatable bonds is 2. The monoisotopic (exact) mass is 309 g/mol. The molecular weight excluding hydrogens is 302 g/mol. The second kappa shape index (κ2) is 4.91. The molecule has 1 N–H and O–H groups in total. The molecule has 0 aliphatic carbocycles. The molecule has 0 radical (unpaired) electrons. The normalized spacial score (nSPS) is 10.2. The van der Waals surface area contributed by atoms with Gasteiger partial charge in [-0.3, -0.25) is 4.98 Å². The van der Waals surface area contributed by atoms with E-state index in [1.165, 1.54) is 0 Å². The van der Waals surface area contributed by atoms with Crippen LogP contribution >= 0.6 is 27.5 Å². The molecule has 0 amide bonds. The van der Waals surface area contributed by atoms with Crippen LogP contribution in [0.3, 0.4) is 0 Å². The highest BCUT2D eigenvalue weighted by molar-refractivity contribution is 9.10. The van der Waals surface area contributed by atoms with E-state index in [4.69, 9.17) is 16.9 Å². The van der Waals surface area contributed by atoms with E-state index in [1.54, 1.807) is 12.3 Å². The summed E-state index contributed by atoms with van der Waals surface area (Å²) in [5, 5.41) is 13.7. The number of benzene rings is 1. The van der Waals surface area contributed by atoms with Crippen LogP contribution in [0.15, 0.2) is 22.8 Å². The molecule has 2 rings (SSSR count). The summed E-state index contributed by atoms with van der Waals surface area (Å²) in [6.07, 6.45) is 1.57. The van der Waals surface area contributed by atoms with Crippen LogP contribution in [0.2, 0.25) is 5.02 Å². The van der Waals surface area contributed by atoms with Gasteiger partial charge in [0.15, 0.2) is 0 Å². The van der Waals surface area contributed by atoms with Gasteiger partial charge in [-0.25, -0.2) is 0 Å². The minimum absolute atomic E-state index is 0.522. The summed E-state index contributed by atoms with van der Waals surface area (Å²) in [6.45, 7) is 2.71. The average molecular weight is 311 g/mol. The third-order valence-electron chi connectivity index (χ3n) is 2.36. The van der Waals surface area contributed by atoms with Crippen LogP contribution in [-0.2, 0) is 0 Å². The number of anilines is 1. The summed E-state index contributed by atoms with van der Waals surface area (Å²) in [6, 6.07) is 5.73. The Morgan fingerprint density at radius 3 is 2.94 bits per heavy atom. The van der Waals surface area contributed by atoms with Crippen LogP contribution in [-0.4, -0.2) is 11.5 Å². The standard InChI is InChI=1S/C12H9BrClN3/c1-2-16-11-7(5-15)6-17-12-9(11)3-8(14)4-10(12)13/h3-4,6H,2H2,1H3,(H,16,17). The van der Waals surface area contributed by atoms with Crippen LogP contribution in [0.25, 0.3) is 10.9 Å². The molecule has 1 aromatic heterocycles. The van der Waals surface area contributed by atoms with Gasteiger partial charge in [0, 0.05) is 27.6 Å². The molecular formula is C12H9BrClN3. The Morgan fingerprint density at radius 2 is 2.29 bits per heavy atom. The number of hydrogen-bond acceptors (Lipinski definition) is 3. The SMILES string of the molecule is CCNc1c(C#N)cnc2c(Br)cc(Cl)cc12. The Labute approximate surface area is 113 Å². The van der Waals surface area contributed by atoms with E-state index < -0.39 is 0 Å². The zero-order valence-corrected chi connectivity index (χ0v) is 11.4. The lowest BCUT2D eigenvalue weighted by molar-refractivity contribution is 1.21. The summed E-state index contributed by atoms with van der Waals surface area (Å²) >= 11 is 9.44. The van der Waals surface area contributed by atoms with Crippen molar-refractivity contribution >= 4 is 44.1 Å². The topological polar surface area (TPSA) is 48.7 Å². The van der Waals surface area contributed by atoms with Crippen LogP contribution < -0.4 is 5.32 Å². The van der Waals surface area contributed by atoms with Crippen molar-refractivity contribution in [3.8, 4) is 6.07 Å². The molecule has 0 spiro atoms. The van der Waals surface area contributed by atoms with E-state index in [2.05, 4.69) is 32.3 Å². The van der Waals surface area contributed by atoms with E-state index in [-0.39, 0.29) is 0 Å². The van der Waals surface area contributed by atoms with Gasteiger partial charge in [-0.1, -0.05) is 11.6 Å². The van der Waals surface area contributed by atoms with Crippen LogP contribution in [0.1, 0.15) is 12.5 Å². The summed E-state index contributed by atoms with van der Waals surface area (Å²) in [5.74, 6) is 0. The van der Waals surface area contributed by atoms with Crippen molar-refractivity contribution < 1.29 is 0 Å². The smallest absolute Gasteiger partial charge is 0.103 e. The van der Waals surface area contributed by atoms with E-state index >= 15 is 0 Å². The van der Waals surface area contributed by atoms with E-state index in [0.29, 0.717) is 10.6 Å². The maximum absolute atomic E-state index is 9.07. The zero-order chi connectivity index (χ0) is 12.4. The predicted molar refractivity (Wildman–Crippen MR) is 73.3 cm³/mol. The number of hydrogen-bond donors (Lipinski definition) is 1. The first kappa shape index (κ1) is 12.2. The van der Waals surface area contributed by atoms with Crippen molar-refractivity contribution in [2.75, 3.05) is 11.9 Å². The summed E-state index contributed by atoms with van der Waals surface area (Å²) in [4.78, 5) is 4.27. The first-order valence-electron chi connectivity index (χ1n) is 5.09. The van der Waals surface area contributed by atoms with Gasteiger partial charge in [0.25, 0.3) is 0 Å². The Bertz CT molecular complexity index is 619. The van der Waals surface area contributed by atoms with Crippen molar-refractivity contribution in [3.63, 3.8) is 0 Å². The Morgan fingerprint density at radius 1 is 1.53 bits per heavy atom. The third-order valence-corrected chi connectivity index (χ3v) is 3.19. The lowest BCUT2D eigenvalue weighted by Gasteiger charge is -2.10. The van der Waals surface area contributed by atoms with E-state index in [1.807, 2.05) is 13.0 Å². The second-order valence-electron chi connectivity index (χ2n) is 3.47. The highest BCUT2D eigenvalue weighted by Crippen LogP contribution is 2.33. The molecule has 5 heteroatoms. The number of nitriles is 1. The minimum atomic E-state index is 0.522. The number of fused-ring (bicyclic) bond motifs is 1. The molecule has 0 atom stereocenters. The first-order chi connectivity index (χ1) is 8.17. The third kappa shape index (κ3) is 2.21. The second-order valence-corrected chi connectivity index (χ2v) is 4.76. The van der Waals surface area contributed by atoms with Gasteiger partial charge in [0.1, 0.15) is 6.07 Å². The van der Waals surface area contributed by atoms with Crippen LogP contribution in [0.4, 0.5) is 5.69 Å². The quantitative estimate of drug-likeness (QED) is 0.913. The number of nitrogens with one attached hydrogen (secondary N) is 1. The van der Waals surface area contributed by atoms with Gasteiger partial charge >= 0.3 is 0 Å². The molecule has 0 aliphatic rings. The predicted octanol–water partition coefficient (Wildman–Crippen LogP) is 3.95. The van der Waals surface area contributed by atoms with Crippen molar-refractivity contribution in [2.45, 2.75) is 6.92 Å². The van der Waals surface area contributed by atoms with Crippen molar-refractivity contribution in [1.82, 2.24) is 4.98 Å². The zero-order valence-electron chi connectivity index (χ0n) is 9.09. The Balaban J connectivity index is 2.84. The number of nitrogens with zero attached hydrogens (tertiary/aromatic N) is 2. The largest absolute Gasteiger partial charge is 0.384 e. The number of pyridine rings is 1. The average Bonchev–Trinajstić information content (AvgIpc) is 2.30. The van der Waals surface area contributed by atoms with Gasteiger partial charge in [-0.15, -0.1) is 0 Å². The highest BCUT2D eigenvalue weighted by atomic mass is 79.9. The molecule has 3 nitrogen and oxygen atoms in total. The summed E-state index contributed by atoms with van der Waals surface area (Å²) in [7, 11) is 0. The maximum Gasteiger partial charge on any atom is 0.103 e. The van der Waals surface area contributed by atoms with Gasteiger partial charge in [-0.2, -0.15) is 5.26 Å². The summed E-state index contributed by atoms with van der Waals surface area (Å²) < 4.78 is 0.823. The molecule has 1 heterocycles. The van der Waals surface area contributed by atoms with Crippen LogP contribution in [0.5, 0.6) is 0 Å². The summed E-state index contributed by atoms with van der Waals surface area (Å²) in [5.41, 5.74) is 2.10.